The van der Waals surface area contributed by atoms with Crippen LogP contribution in [0.15, 0.2) is 41.1 Å². The Morgan fingerprint density at radius 2 is 2.16 bits per heavy atom. The lowest BCUT2D eigenvalue weighted by Crippen LogP contribution is -2.26. The van der Waals surface area contributed by atoms with Crippen molar-refractivity contribution in [3.63, 3.8) is 0 Å². The van der Waals surface area contributed by atoms with Crippen LogP contribution in [0.4, 0.5) is 4.39 Å². The van der Waals surface area contributed by atoms with Gasteiger partial charge in [0.05, 0.1) is 11.7 Å². The van der Waals surface area contributed by atoms with Crippen LogP contribution in [-0.4, -0.2) is 17.6 Å². The molecular formula is C14H14FNO2S. The van der Waals surface area contributed by atoms with Crippen molar-refractivity contribution in [3.05, 3.63) is 58.0 Å². The van der Waals surface area contributed by atoms with Crippen molar-refractivity contribution in [2.24, 2.45) is 0 Å². The number of thiophene rings is 1. The Bertz CT molecular complexity index is 542. The fourth-order valence-electron chi connectivity index (χ4n) is 1.69. The first-order chi connectivity index (χ1) is 9.18. The van der Waals surface area contributed by atoms with E-state index >= 15 is 0 Å². The second-order valence-electron chi connectivity index (χ2n) is 4.10. The van der Waals surface area contributed by atoms with E-state index in [1.165, 1.54) is 29.5 Å². The molecule has 0 spiro atoms. The van der Waals surface area contributed by atoms with Gasteiger partial charge in [-0.3, -0.25) is 4.79 Å². The van der Waals surface area contributed by atoms with Crippen molar-refractivity contribution in [1.82, 2.24) is 5.32 Å². The number of hydrogen-bond donors (Lipinski definition) is 2. The van der Waals surface area contributed by atoms with Crippen LogP contribution < -0.4 is 5.32 Å². The van der Waals surface area contributed by atoms with E-state index in [-0.39, 0.29) is 5.56 Å². The molecule has 3 nitrogen and oxygen atoms in total. The number of halogens is 1. The summed E-state index contributed by atoms with van der Waals surface area (Å²) < 4.78 is 13.3. The van der Waals surface area contributed by atoms with Crippen LogP contribution in [0.25, 0.3) is 0 Å². The highest BCUT2D eigenvalue weighted by atomic mass is 32.1. The standard InChI is InChI=1S/C14H14FNO2S/c15-12-4-2-1-3-11(12)14(18)16-7-5-13(17)10-6-8-19-9-10/h1-4,6,8-9,13,17H,5,7H2,(H,16,18). The Morgan fingerprint density at radius 1 is 1.37 bits per heavy atom. The van der Waals surface area contributed by atoms with E-state index in [2.05, 4.69) is 5.32 Å². The molecule has 1 aromatic heterocycles. The molecule has 1 unspecified atom stereocenters. The number of rotatable bonds is 5. The number of carbonyl (C=O) groups excluding carboxylic acids is 1. The third-order valence-corrected chi connectivity index (χ3v) is 3.45. The van der Waals surface area contributed by atoms with Crippen LogP contribution in [0.2, 0.25) is 0 Å². The molecule has 1 amide bonds. The fourth-order valence-corrected chi connectivity index (χ4v) is 2.40. The van der Waals surface area contributed by atoms with Crippen LogP contribution in [0, 0.1) is 5.82 Å². The van der Waals surface area contributed by atoms with Gasteiger partial charge in [-0.2, -0.15) is 11.3 Å². The highest BCUT2D eigenvalue weighted by Crippen LogP contribution is 2.18. The molecule has 2 N–H and O–H groups in total. The van der Waals surface area contributed by atoms with E-state index in [4.69, 9.17) is 0 Å². The number of hydrogen-bond acceptors (Lipinski definition) is 3. The minimum absolute atomic E-state index is 0.0209. The van der Waals surface area contributed by atoms with Gasteiger partial charge in [0, 0.05) is 6.54 Å². The highest BCUT2D eigenvalue weighted by Gasteiger charge is 2.12. The van der Waals surface area contributed by atoms with Crippen LogP contribution in [0.3, 0.4) is 0 Å². The molecule has 0 saturated heterocycles. The normalized spacial score (nSPS) is 12.1. The maximum atomic E-state index is 13.3. The number of aliphatic hydroxyl groups excluding tert-OH is 1. The molecule has 0 bridgehead atoms. The van der Waals surface area contributed by atoms with Gasteiger partial charge in [0.25, 0.3) is 5.91 Å². The predicted octanol–water partition coefficient (Wildman–Crippen LogP) is 2.74. The molecule has 2 rings (SSSR count). The number of benzene rings is 1. The fraction of sp³-hybridized carbons (Fsp3) is 0.214. The van der Waals surface area contributed by atoms with E-state index in [0.29, 0.717) is 13.0 Å². The Balaban J connectivity index is 1.83. The smallest absolute Gasteiger partial charge is 0.254 e. The Hall–Kier alpha value is -1.72. The zero-order valence-corrected chi connectivity index (χ0v) is 11.0. The van der Waals surface area contributed by atoms with Gasteiger partial charge in [0.15, 0.2) is 0 Å². The topological polar surface area (TPSA) is 49.3 Å². The summed E-state index contributed by atoms with van der Waals surface area (Å²) in [5.74, 6) is -1.01. The number of aliphatic hydroxyl groups is 1. The molecule has 0 aliphatic rings. The first-order valence-electron chi connectivity index (χ1n) is 5.91. The zero-order chi connectivity index (χ0) is 13.7. The Labute approximate surface area is 114 Å². The molecule has 1 atom stereocenters. The molecule has 5 heteroatoms. The Kier molecular flexibility index (Phi) is 4.65. The summed E-state index contributed by atoms with van der Waals surface area (Å²) in [6, 6.07) is 7.66. The van der Waals surface area contributed by atoms with Crippen LogP contribution >= 0.6 is 11.3 Å². The van der Waals surface area contributed by atoms with E-state index in [0.717, 1.165) is 5.56 Å². The molecule has 100 valence electrons. The van der Waals surface area contributed by atoms with Crippen molar-refractivity contribution >= 4 is 17.2 Å². The zero-order valence-electron chi connectivity index (χ0n) is 10.2. The third-order valence-electron chi connectivity index (χ3n) is 2.75. The van der Waals surface area contributed by atoms with E-state index < -0.39 is 17.8 Å². The number of carbonyl (C=O) groups is 1. The maximum absolute atomic E-state index is 13.3. The highest BCUT2D eigenvalue weighted by molar-refractivity contribution is 7.07. The summed E-state index contributed by atoms with van der Waals surface area (Å²) in [5.41, 5.74) is 0.859. The Morgan fingerprint density at radius 3 is 2.84 bits per heavy atom. The summed E-state index contributed by atoms with van der Waals surface area (Å²) >= 11 is 1.51. The summed E-state index contributed by atoms with van der Waals surface area (Å²) in [5, 5.41) is 16.2. The lowest BCUT2D eigenvalue weighted by atomic mass is 10.1. The van der Waals surface area contributed by atoms with Crippen LogP contribution in [0.5, 0.6) is 0 Å². The second-order valence-corrected chi connectivity index (χ2v) is 4.88. The molecule has 0 aliphatic carbocycles. The molecule has 19 heavy (non-hydrogen) atoms. The summed E-state index contributed by atoms with van der Waals surface area (Å²) in [7, 11) is 0. The average Bonchev–Trinajstić information content (AvgIpc) is 2.93. The van der Waals surface area contributed by atoms with E-state index in [9.17, 15) is 14.3 Å². The van der Waals surface area contributed by atoms with Gasteiger partial charge in [-0.25, -0.2) is 4.39 Å². The minimum atomic E-state index is -0.604. The van der Waals surface area contributed by atoms with Gasteiger partial charge in [-0.15, -0.1) is 0 Å². The first kappa shape index (κ1) is 13.7. The largest absolute Gasteiger partial charge is 0.388 e. The predicted molar refractivity (Wildman–Crippen MR) is 72.6 cm³/mol. The minimum Gasteiger partial charge on any atom is -0.388 e. The van der Waals surface area contributed by atoms with Gasteiger partial charge < -0.3 is 10.4 Å². The number of amides is 1. The van der Waals surface area contributed by atoms with Gasteiger partial charge in [0.2, 0.25) is 0 Å². The van der Waals surface area contributed by atoms with Crippen molar-refractivity contribution in [2.75, 3.05) is 6.54 Å². The van der Waals surface area contributed by atoms with Gasteiger partial charge in [-0.05, 0) is 40.9 Å². The van der Waals surface area contributed by atoms with Gasteiger partial charge in [0.1, 0.15) is 5.82 Å². The molecule has 2 aromatic rings. The quantitative estimate of drug-likeness (QED) is 0.884. The summed E-state index contributed by atoms with van der Waals surface area (Å²) in [4.78, 5) is 11.7. The van der Waals surface area contributed by atoms with Crippen molar-refractivity contribution < 1.29 is 14.3 Å². The molecule has 0 saturated carbocycles. The summed E-state index contributed by atoms with van der Waals surface area (Å²) in [6.07, 6.45) is -0.205. The van der Waals surface area contributed by atoms with Crippen molar-refractivity contribution in [1.29, 1.82) is 0 Å². The number of nitrogens with one attached hydrogen (secondary N) is 1. The SMILES string of the molecule is O=C(NCCC(O)c1ccsc1)c1ccccc1F. The van der Waals surface area contributed by atoms with Gasteiger partial charge in [-0.1, -0.05) is 12.1 Å². The lowest BCUT2D eigenvalue weighted by molar-refractivity contribution is 0.0938. The molecule has 0 radical (unpaired) electrons. The molecule has 1 heterocycles. The molecule has 0 fully saturated rings. The van der Waals surface area contributed by atoms with Crippen LogP contribution in [-0.2, 0) is 0 Å². The average molecular weight is 279 g/mol. The van der Waals surface area contributed by atoms with E-state index in [1.54, 1.807) is 6.07 Å². The van der Waals surface area contributed by atoms with E-state index in [1.807, 2.05) is 16.8 Å². The third kappa shape index (κ3) is 3.62. The first-order valence-corrected chi connectivity index (χ1v) is 6.85. The maximum Gasteiger partial charge on any atom is 0.254 e. The monoisotopic (exact) mass is 279 g/mol. The summed E-state index contributed by atoms with van der Waals surface area (Å²) in [6.45, 7) is 0.296. The van der Waals surface area contributed by atoms with Crippen LogP contribution in [0.1, 0.15) is 28.4 Å². The molecular weight excluding hydrogens is 265 g/mol. The second kappa shape index (κ2) is 6.45. The lowest BCUT2D eigenvalue weighted by Gasteiger charge is -2.10. The molecule has 0 aliphatic heterocycles. The van der Waals surface area contributed by atoms with Crippen molar-refractivity contribution in [3.8, 4) is 0 Å². The van der Waals surface area contributed by atoms with Gasteiger partial charge >= 0.3 is 0 Å². The molecule has 1 aromatic carbocycles. The van der Waals surface area contributed by atoms with Crippen molar-refractivity contribution in [2.45, 2.75) is 12.5 Å².